The van der Waals surface area contributed by atoms with Crippen LogP contribution in [0.2, 0.25) is 0 Å². The molecule has 5 atom stereocenters. The smallest absolute Gasteiger partial charge is 0.462 e. The van der Waals surface area contributed by atoms with E-state index in [1.165, 1.54) is 116 Å². The molecule has 0 aromatic carbocycles. The molecule has 296 valence electrons. The first-order valence-corrected chi connectivity index (χ1v) is 22.0. The van der Waals surface area contributed by atoms with E-state index in [4.69, 9.17) is 19.1 Å². The fraction of sp³-hybridized carbons (Fsp3) is 0.949. The lowest BCUT2D eigenvalue weighted by Gasteiger charge is -2.20. The molecule has 1 rings (SSSR count). The topological polar surface area (TPSA) is 149 Å². The minimum atomic E-state index is -4.60. The van der Waals surface area contributed by atoms with Crippen molar-refractivity contribution in [1.82, 2.24) is 0 Å². The first-order chi connectivity index (χ1) is 24.2. The average molecular weight is 735 g/mol. The Morgan fingerprint density at radius 1 is 0.620 bits per heavy atom. The maximum atomic E-state index is 12.6. The standard InChI is InChI=1S/C39H75O10P/c1-3-5-7-9-10-11-12-13-14-15-16-19-23-27-38(42)46-32-37(33-48-50(44,45)47-31-36(41)30-40)49-39(43)28-24-20-17-18-22-26-35-29-34(35)25-21-8-6-4-2/h34-37,40-41H,3-33H2,1-2H3,(H,44,45)/t34-,35+,36?,37-/m1/s1. The van der Waals surface area contributed by atoms with Crippen molar-refractivity contribution in [3.63, 3.8) is 0 Å². The van der Waals surface area contributed by atoms with Crippen LogP contribution in [0.1, 0.15) is 187 Å². The van der Waals surface area contributed by atoms with Crippen LogP contribution < -0.4 is 0 Å². The lowest BCUT2D eigenvalue weighted by molar-refractivity contribution is -0.161. The number of phosphoric ester groups is 1. The molecule has 1 fully saturated rings. The molecule has 2 unspecified atom stereocenters. The minimum absolute atomic E-state index is 0.196. The summed E-state index contributed by atoms with van der Waals surface area (Å²) in [4.78, 5) is 34.9. The average Bonchev–Trinajstić information content (AvgIpc) is 3.86. The summed E-state index contributed by atoms with van der Waals surface area (Å²) in [5, 5.41) is 18.3. The van der Waals surface area contributed by atoms with Gasteiger partial charge in [0.15, 0.2) is 6.10 Å². The molecular weight excluding hydrogens is 659 g/mol. The number of unbranched alkanes of at least 4 members (excludes halogenated alkanes) is 19. The summed E-state index contributed by atoms with van der Waals surface area (Å²) >= 11 is 0. The fourth-order valence-corrected chi connectivity index (χ4v) is 7.20. The molecule has 0 radical (unpaired) electrons. The second-order valence-electron chi connectivity index (χ2n) is 14.6. The van der Waals surface area contributed by atoms with Gasteiger partial charge < -0.3 is 24.6 Å². The quantitative estimate of drug-likeness (QED) is 0.0320. The summed E-state index contributed by atoms with van der Waals surface area (Å²) in [7, 11) is -4.60. The van der Waals surface area contributed by atoms with E-state index in [1.807, 2.05) is 0 Å². The third-order valence-electron chi connectivity index (χ3n) is 9.73. The zero-order valence-electron chi connectivity index (χ0n) is 31.9. The van der Waals surface area contributed by atoms with E-state index in [0.29, 0.717) is 12.8 Å². The molecule has 0 aromatic heterocycles. The van der Waals surface area contributed by atoms with Crippen LogP contribution in [0.5, 0.6) is 0 Å². The van der Waals surface area contributed by atoms with E-state index in [2.05, 4.69) is 18.4 Å². The Morgan fingerprint density at radius 2 is 1.04 bits per heavy atom. The number of hydrogen-bond donors (Lipinski definition) is 3. The third kappa shape index (κ3) is 28.5. The van der Waals surface area contributed by atoms with Gasteiger partial charge in [-0.05, 0) is 31.1 Å². The second kappa shape index (κ2) is 31.5. The zero-order chi connectivity index (χ0) is 36.7. The summed E-state index contributed by atoms with van der Waals surface area (Å²) < 4.78 is 32.7. The van der Waals surface area contributed by atoms with Crippen LogP contribution >= 0.6 is 7.82 Å². The number of esters is 2. The Balaban J connectivity index is 2.27. The lowest BCUT2D eigenvalue weighted by Crippen LogP contribution is -2.29. The van der Waals surface area contributed by atoms with Gasteiger partial charge in [0.25, 0.3) is 0 Å². The maximum Gasteiger partial charge on any atom is 0.472 e. The highest BCUT2D eigenvalue weighted by Crippen LogP contribution is 2.46. The molecule has 0 spiro atoms. The van der Waals surface area contributed by atoms with Gasteiger partial charge in [-0.25, -0.2) is 4.57 Å². The van der Waals surface area contributed by atoms with Crippen molar-refractivity contribution in [1.29, 1.82) is 0 Å². The monoisotopic (exact) mass is 735 g/mol. The summed E-state index contributed by atoms with van der Waals surface area (Å²) in [6, 6.07) is 0. The van der Waals surface area contributed by atoms with Gasteiger partial charge in [-0.1, -0.05) is 155 Å². The lowest BCUT2D eigenvalue weighted by atomic mass is 10.0. The van der Waals surface area contributed by atoms with Gasteiger partial charge >= 0.3 is 19.8 Å². The Kier molecular flexibility index (Phi) is 29.6. The van der Waals surface area contributed by atoms with Crippen LogP contribution in [0.4, 0.5) is 0 Å². The molecule has 1 aliphatic rings. The van der Waals surface area contributed by atoms with Crippen molar-refractivity contribution in [2.75, 3.05) is 26.4 Å². The third-order valence-corrected chi connectivity index (χ3v) is 10.7. The summed E-state index contributed by atoms with van der Waals surface area (Å²) in [6.45, 7) is 2.41. The summed E-state index contributed by atoms with van der Waals surface area (Å²) in [6.07, 6.45) is 28.3. The van der Waals surface area contributed by atoms with Crippen molar-refractivity contribution in [2.45, 2.75) is 199 Å². The predicted octanol–water partition coefficient (Wildman–Crippen LogP) is 9.75. The van der Waals surface area contributed by atoms with Crippen LogP contribution in [0.3, 0.4) is 0 Å². The van der Waals surface area contributed by atoms with Gasteiger partial charge in [-0.2, -0.15) is 0 Å². The van der Waals surface area contributed by atoms with Gasteiger partial charge in [0.05, 0.1) is 19.8 Å². The second-order valence-corrected chi connectivity index (χ2v) is 16.0. The zero-order valence-corrected chi connectivity index (χ0v) is 32.8. The molecule has 0 heterocycles. The fourth-order valence-electron chi connectivity index (χ4n) is 6.41. The number of aliphatic hydroxyl groups is 2. The molecule has 0 bridgehead atoms. The van der Waals surface area contributed by atoms with Crippen LogP contribution in [-0.4, -0.2) is 65.7 Å². The Morgan fingerprint density at radius 3 is 1.54 bits per heavy atom. The molecule has 0 aliphatic heterocycles. The molecule has 1 saturated carbocycles. The van der Waals surface area contributed by atoms with E-state index in [1.54, 1.807) is 0 Å². The highest BCUT2D eigenvalue weighted by Gasteiger charge is 2.35. The van der Waals surface area contributed by atoms with E-state index >= 15 is 0 Å². The molecule has 3 N–H and O–H groups in total. The van der Waals surface area contributed by atoms with Gasteiger partial charge in [-0.3, -0.25) is 18.6 Å². The van der Waals surface area contributed by atoms with Crippen LogP contribution in [-0.2, 0) is 32.7 Å². The van der Waals surface area contributed by atoms with Crippen molar-refractivity contribution in [3.05, 3.63) is 0 Å². The minimum Gasteiger partial charge on any atom is -0.462 e. The van der Waals surface area contributed by atoms with Crippen molar-refractivity contribution >= 4 is 19.8 Å². The van der Waals surface area contributed by atoms with Gasteiger partial charge in [-0.15, -0.1) is 0 Å². The van der Waals surface area contributed by atoms with E-state index < -0.39 is 51.8 Å². The van der Waals surface area contributed by atoms with E-state index in [0.717, 1.165) is 43.9 Å². The van der Waals surface area contributed by atoms with E-state index in [-0.39, 0.29) is 19.4 Å². The normalized spacial score (nSPS) is 18.0. The highest BCUT2D eigenvalue weighted by atomic mass is 31.2. The molecule has 50 heavy (non-hydrogen) atoms. The number of hydrogen-bond acceptors (Lipinski definition) is 9. The maximum absolute atomic E-state index is 12.6. The molecule has 10 nitrogen and oxygen atoms in total. The predicted molar refractivity (Wildman–Crippen MR) is 199 cm³/mol. The molecular formula is C39H75O10P. The largest absolute Gasteiger partial charge is 0.472 e. The Hall–Kier alpha value is -1.03. The number of ether oxygens (including phenoxy) is 2. The molecule has 0 amide bonds. The molecule has 0 aromatic rings. The van der Waals surface area contributed by atoms with E-state index in [9.17, 15) is 24.2 Å². The number of aliphatic hydroxyl groups excluding tert-OH is 2. The number of phosphoric acid groups is 1. The first kappa shape index (κ1) is 47.0. The summed E-state index contributed by atoms with van der Waals surface area (Å²) in [5.74, 6) is 0.973. The molecule has 11 heteroatoms. The highest BCUT2D eigenvalue weighted by molar-refractivity contribution is 7.47. The molecule has 1 aliphatic carbocycles. The number of carbonyl (C=O) groups excluding carboxylic acids is 2. The van der Waals surface area contributed by atoms with Crippen LogP contribution in [0.25, 0.3) is 0 Å². The SMILES string of the molecule is CCCCCCCCCCCCCCCC(=O)OC[C@H](COP(=O)(O)OCC(O)CO)OC(=O)CCCCCCC[C@H]1C[C@H]1CCCCCC. The van der Waals surface area contributed by atoms with Crippen molar-refractivity contribution < 1.29 is 47.8 Å². The van der Waals surface area contributed by atoms with Gasteiger partial charge in [0.2, 0.25) is 0 Å². The Labute approximate surface area is 304 Å². The van der Waals surface area contributed by atoms with Crippen molar-refractivity contribution in [2.24, 2.45) is 11.8 Å². The molecule has 0 saturated heterocycles. The van der Waals surface area contributed by atoms with Crippen LogP contribution in [0, 0.1) is 11.8 Å². The van der Waals surface area contributed by atoms with Crippen molar-refractivity contribution in [3.8, 4) is 0 Å². The van der Waals surface area contributed by atoms with Gasteiger partial charge in [0, 0.05) is 12.8 Å². The summed E-state index contributed by atoms with van der Waals surface area (Å²) in [5.41, 5.74) is 0. The van der Waals surface area contributed by atoms with Gasteiger partial charge in [0.1, 0.15) is 12.7 Å². The number of rotatable bonds is 37. The first-order valence-electron chi connectivity index (χ1n) is 20.5. The number of carbonyl (C=O) groups is 2. The van der Waals surface area contributed by atoms with Crippen LogP contribution in [0.15, 0.2) is 0 Å². The Bertz CT molecular complexity index is 872.